The van der Waals surface area contributed by atoms with E-state index in [0.717, 1.165) is 5.56 Å². The van der Waals surface area contributed by atoms with Crippen LogP contribution in [-0.2, 0) is 4.74 Å². The number of ether oxygens (including phenoxy) is 1. The number of halogens is 1. The Hall–Kier alpha value is -2.02. The second-order valence-electron chi connectivity index (χ2n) is 3.26. The van der Waals surface area contributed by atoms with Gasteiger partial charge in [0.1, 0.15) is 5.69 Å². The summed E-state index contributed by atoms with van der Waals surface area (Å²) >= 11 is 3.27. The number of hydrogen-bond donors (Lipinski definition) is 1. The van der Waals surface area contributed by atoms with Crippen molar-refractivity contribution in [2.75, 3.05) is 12.4 Å². The predicted octanol–water partition coefficient (Wildman–Crippen LogP) is 2.48. The van der Waals surface area contributed by atoms with E-state index < -0.39 is 6.09 Å². The first-order chi connectivity index (χ1) is 8.70. The van der Waals surface area contributed by atoms with E-state index in [2.05, 4.69) is 41.2 Å². The van der Waals surface area contributed by atoms with Crippen molar-refractivity contribution in [2.24, 2.45) is 0 Å². The molecule has 0 aliphatic rings. The number of nitrogens with zero attached hydrogens (tertiary/aromatic N) is 3. The van der Waals surface area contributed by atoms with Gasteiger partial charge in [-0.1, -0.05) is 30.3 Å². The van der Waals surface area contributed by atoms with Crippen LogP contribution in [0.15, 0.2) is 34.9 Å². The Balaban J connectivity index is 2.36. The Kier molecular flexibility index (Phi) is 3.83. The number of hydrogen-bond acceptors (Lipinski definition) is 5. The van der Waals surface area contributed by atoms with Gasteiger partial charge in [-0.15, -0.1) is 10.2 Å². The number of nitrogens with one attached hydrogen (secondary N) is 1. The Labute approximate surface area is 112 Å². The van der Waals surface area contributed by atoms with Crippen LogP contribution >= 0.6 is 15.9 Å². The minimum absolute atomic E-state index is 0.0869. The van der Waals surface area contributed by atoms with Gasteiger partial charge in [0, 0.05) is 5.56 Å². The summed E-state index contributed by atoms with van der Waals surface area (Å²) in [5.74, 6) is 0.0869. The van der Waals surface area contributed by atoms with Crippen molar-refractivity contribution in [3.05, 3.63) is 34.9 Å². The molecular weight excluding hydrogens is 300 g/mol. The zero-order valence-corrected chi connectivity index (χ0v) is 11.0. The second kappa shape index (κ2) is 5.54. The van der Waals surface area contributed by atoms with Gasteiger partial charge in [-0.25, -0.2) is 9.78 Å². The minimum atomic E-state index is -0.641. The number of carbonyl (C=O) groups is 1. The van der Waals surface area contributed by atoms with E-state index in [1.165, 1.54) is 7.11 Å². The molecule has 1 N–H and O–H groups in total. The molecule has 0 unspecified atom stereocenters. The maximum absolute atomic E-state index is 11.1. The Morgan fingerprint density at radius 1 is 1.28 bits per heavy atom. The molecule has 0 saturated heterocycles. The Morgan fingerprint density at radius 3 is 2.67 bits per heavy atom. The fourth-order valence-electron chi connectivity index (χ4n) is 1.29. The summed E-state index contributed by atoms with van der Waals surface area (Å²) in [7, 11) is 1.26. The van der Waals surface area contributed by atoms with E-state index in [1.54, 1.807) is 0 Å². The molecule has 0 radical (unpaired) electrons. The van der Waals surface area contributed by atoms with Crippen molar-refractivity contribution in [3.8, 4) is 11.3 Å². The van der Waals surface area contributed by atoms with Crippen molar-refractivity contribution in [1.29, 1.82) is 0 Å². The summed E-state index contributed by atoms with van der Waals surface area (Å²) < 4.78 is 4.96. The lowest BCUT2D eigenvalue weighted by atomic mass is 10.2. The van der Waals surface area contributed by atoms with Crippen molar-refractivity contribution in [3.63, 3.8) is 0 Å². The number of rotatable bonds is 2. The molecule has 0 aliphatic carbocycles. The topological polar surface area (TPSA) is 77.0 Å². The zero-order valence-electron chi connectivity index (χ0n) is 9.42. The van der Waals surface area contributed by atoms with Gasteiger partial charge >= 0.3 is 6.09 Å². The summed E-state index contributed by atoms with van der Waals surface area (Å²) in [6, 6.07) is 9.45. The SMILES string of the molecule is COC(=O)Nc1nnc(Br)c(-c2ccccc2)n1. The van der Waals surface area contributed by atoms with Gasteiger partial charge in [-0.2, -0.15) is 0 Å². The molecule has 0 atom stereocenters. The highest BCUT2D eigenvalue weighted by Crippen LogP contribution is 2.24. The molecule has 2 rings (SSSR count). The van der Waals surface area contributed by atoms with Crippen LogP contribution in [0.1, 0.15) is 0 Å². The normalized spacial score (nSPS) is 9.89. The van der Waals surface area contributed by atoms with Gasteiger partial charge in [0.15, 0.2) is 4.60 Å². The van der Waals surface area contributed by atoms with E-state index in [4.69, 9.17) is 0 Å². The first-order valence-electron chi connectivity index (χ1n) is 5.01. The van der Waals surface area contributed by atoms with E-state index in [-0.39, 0.29) is 5.95 Å². The van der Waals surface area contributed by atoms with Crippen LogP contribution in [0.2, 0.25) is 0 Å². The zero-order chi connectivity index (χ0) is 13.0. The van der Waals surface area contributed by atoms with Crippen LogP contribution in [0, 0.1) is 0 Å². The fourth-order valence-corrected chi connectivity index (χ4v) is 1.68. The average Bonchev–Trinajstić information content (AvgIpc) is 2.42. The molecule has 6 nitrogen and oxygen atoms in total. The third-order valence-electron chi connectivity index (χ3n) is 2.09. The lowest BCUT2D eigenvalue weighted by molar-refractivity contribution is 0.186. The molecule has 0 spiro atoms. The molecule has 0 bridgehead atoms. The average molecular weight is 309 g/mol. The third-order valence-corrected chi connectivity index (χ3v) is 2.63. The highest BCUT2D eigenvalue weighted by Gasteiger charge is 2.10. The predicted molar refractivity (Wildman–Crippen MR) is 69.0 cm³/mol. The lowest BCUT2D eigenvalue weighted by Gasteiger charge is -2.05. The van der Waals surface area contributed by atoms with Crippen LogP contribution in [0.25, 0.3) is 11.3 Å². The Morgan fingerprint density at radius 2 is 2.00 bits per heavy atom. The molecule has 0 fully saturated rings. The lowest BCUT2D eigenvalue weighted by Crippen LogP contribution is -2.14. The first-order valence-corrected chi connectivity index (χ1v) is 5.80. The molecule has 0 saturated carbocycles. The van der Waals surface area contributed by atoms with Gasteiger partial charge in [-0.05, 0) is 15.9 Å². The molecular formula is C11H9BrN4O2. The molecule has 1 aromatic heterocycles. The van der Waals surface area contributed by atoms with Gasteiger partial charge in [0.05, 0.1) is 7.11 Å². The smallest absolute Gasteiger partial charge is 0.413 e. The molecule has 2 aromatic rings. The van der Waals surface area contributed by atoms with Crippen LogP contribution in [0.5, 0.6) is 0 Å². The number of methoxy groups -OCH3 is 1. The minimum Gasteiger partial charge on any atom is -0.453 e. The molecule has 1 amide bonds. The largest absolute Gasteiger partial charge is 0.453 e. The van der Waals surface area contributed by atoms with E-state index >= 15 is 0 Å². The summed E-state index contributed by atoms with van der Waals surface area (Å²) in [5, 5.41) is 9.97. The van der Waals surface area contributed by atoms with Crippen molar-refractivity contribution in [2.45, 2.75) is 0 Å². The van der Waals surface area contributed by atoms with Crippen molar-refractivity contribution < 1.29 is 9.53 Å². The Bertz CT molecular complexity index is 562. The third kappa shape index (κ3) is 2.80. The molecule has 7 heteroatoms. The maximum Gasteiger partial charge on any atom is 0.413 e. The van der Waals surface area contributed by atoms with Crippen molar-refractivity contribution >= 4 is 28.0 Å². The summed E-state index contributed by atoms with van der Waals surface area (Å²) in [6.07, 6.45) is -0.641. The van der Waals surface area contributed by atoms with E-state index in [1.807, 2.05) is 30.3 Å². The monoisotopic (exact) mass is 308 g/mol. The number of aromatic nitrogens is 3. The van der Waals surface area contributed by atoms with Crippen LogP contribution in [-0.4, -0.2) is 28.4 Å². The maximum atomic E-state index is 11.1. The van der Waals surface area contributed by atoms with E-state index in [9.17, 15) is 4.79 Å². The quantitative estimate of drug-likeness (QED) is 0.922. The number of carbonyl (C=O) groups excluding carboxylic acids is 1. The molecule has 0 aliphatic heterocycles. The molecule has 1 aromatic carbocycles. The van der Waals surface area contributed by atoms with Gasteiger partial charge < -0.3 is 4.74 Å². The number of anilines is 1. The van der Waals surface area contributed by atoms with E-state index in [0.29, 0.717) is 10.3 Å². The summed E-state index contributed by atoms with van der Waals surface area (Å²) in [4.78, 5) is 15.3. The van der Waals surface area contributed by atoms with Gasteiger partial charge in [-0.3, -0.25) is 5.32 Å². The second-order valence-corrected chi connectivity index (χ2v) is 4.01. The highest BCUT2D eigenvalue weighted by atomic mass is 79.9. The molecule has 18 heavy (non-hydrogen) atoms. The van der Waals surface area contributed by atoms with Crippen LogP contribution < -0.4 is 5.32 Å². The summed E-state index contributed by atoms with van der Waals surface area (Å²) in [6.45, 7) is 0. The summed E-state index contributed by atoms with van der Waals surface area (Å²) in [5.41, 5.74) is 1.46. The van der Waals surface area contributed by atoms with Gasteiger partial charge in [0.2, 0.25) is 0 Å². The highest BCUT2D eigenvalue weighted by molar-refractivity contribution is 9.10. The van der Waals surface area contributed by atoms with Crippen LogP contribution in [0.3, 0.4) is 0 Å². The van der Waals surface area contributed by atoms with Crippen molar-refractivity contribution in [1.82, 2.24) is 15.2 Å². The molecule has 92 valence electrons. The number of benzene rings is 1. The molecule has 1 heterocycles. The first kappa shape index (κ1) is 12.4. The van der Waals surface area contributed by atoms with Crippen LogP contribution in [0.4, 0.5) is 10.7 Å². The van der Waals surface area contributed by atoms with Gasteiger partial charge in [0.25, 0.3) is 5.95 Å². The number of amides is 1. The fraction of sp³-hybridized carbons (Fsp3) is 0.0909. The standard InChI is InChI=1S/C11H9BrN4O2/c1-18-11(17)14-10-13-8(9(12)15-16-10)7-5-3-2-4-6-7/h2-6H,1H3,(H,13,14,16,17).